The molecule has 1 aliphatic heterocycles. The van der Waals surface area contributed by atoms with Crippen LogP contribution >= 0.6 is 15.9 Å². The van der Waals surface area contributed by atoms with Crippen LogP contribution in [0.3, 0.4) is 0 Å². The number of halogens is 1. The maximum atomic E-state index is 10.4. The average Bonchev–Trinajstić information content (AvgIpc) is 2.27. The molecule has 1 N–H and O–H groups in total. The van der Waals surface area contributed by atoms with Crippen LogP contribution in [0.5, 0.6) is 5.75 Å². The lowest BCUT2D eigenvalue weighted by Crippen LogP contribution is -2.44. The van der Waals surface area contributed by atoms with E-state index in [0.29, 0.717) is 5.92 Å². The Bertz CT molecular complexity index is 460. The van der Waals surface area contributed by atoms with Crippen LogP contribution in [0.4, 0.5) is 0 Å². The second-order valence-electron chi connectivity index (χ2n) is 5.89. The quantitative estimate of drug-likeness (QED) is 0.777. The first-order valence-corrected chi connectivity index (χ1v) is 7.54. The Balaban J connectivity index is 1.94. The molecule has 0 amide bonds. The highest BCUT2D eigenvalue weighted by Crippen LogP contribution is 2.47. The fourth-order valence-electron chi connectivity index (χ4n) is 3.50. The number of hydrogen-bond acceptors (Lipinski definition) is 2. The number of ether oxygens (including phenoxy) is 1. The fraction of sp³-hybridized carbons (Fsp3) is 0.600. The van der Waals surface area contributed by atoms with E-state index in [1.165, 1.54) is 12.8 Å². The molecule has 0 radical (unpaired) electrons. The summed E-state index contributed by atoms with van der Waals surface area (Å²) in [5.74, 6) is 1.55. The van der Waals surface area contributed by atoms with Crippen LogP contribution in [-0.4, -0.2) is 10.7 Å². The van der Waals surface area contributed by atoms with Gasteiger partial charge in [-0.2, -0.15) is 0 Å². The summed E-state index contributed by atoms with van der Waals surface area (Å²) in [7, 11) is 0. The number of aliphatic hydroxyl groups is 1. The molecule has 1 fully saturated rings. The van der Waals surface area contributed by atoms with E-state index in [0.717, 1.165) is 35.0 Å². The maximum Gasteiger partial charge on any atom is 0.127 e. The summed E-state index contributed by atoms with van der Waals surface area (Å²) >= 11 is 3.47. The molecule has 3 heteroatoms. The number of fused-ring (bicyclic) bond motifs is 1. The van der Waals surface area contributed by atoms with Crippen molar-refractivity contribution >= 4 is 15.9 Å². The van der Waals surface area contributed by atoms with Gasteiger partial charge in [-0.15, -0.1) is 0 Å². The smallest absolute Gasteiger partial charge is 0.127 e. The van der Waals surface area contributed by atoms with Gasteiger partial charge in [0.2, 0.25) is 0 Å². The van der Waals surface area contributed by atoms with Crippen molar-refractivity contribution in [2.75, 3.05) is 0 Å². The van der Waals surface area contributed by atoms with E-state index in [1.54, 1.807) is 0 Å². The van der Waals surface area contributed by atoms with Gasteiger partial charge in [-0.05, 0) is 37.3 Å². The number of benzene rings is 1. The molecule has 18 heavy (non-hydrogen) atoms. The van der Waals surface area contributed by atoms with E-state index >= 15 is 0 Å². The Kier molecular flexibility index (Phi) is 3.15. The van der Waals surface area contributed by atoms with Crippen LogP contribution in [0.1, 0.15) is 50.7 Å². The molecule has 1 spiro atoms. The third-order valence-corrected chi connectivity index (χ3v) is 4.77. The SMILES string of the molecule is CC1CCCC2(C1)C[C@@H](O)c1ccc(Br)cc1O2. The predicted octanol–water partition coefficient (Wildman–Crippen LogP) is 4.21. The van der Waals surface area contributed by atoms with Crippen molar-refractivity contribution in [3.63, 3.8) is 0 Å². The molecule has 98 valence electrons. The summed E-state index contributed by atoms with van der Waals surface area (Å²) < 4.78 is 7.30. The third kappa shape index (κ3) is 2.19. The molecule has 2 unspecified atom stereocenters. The molecule has 1 saturated carbocycles. The van der Waals surface area contributed by atoms with E-state index in [4.69, 9.17) is 4.74 Å². The summed E-state index contributed by atoms with van der Waals surface area (Å²) in [6.07, 6.45) is 4.98. The normalized spacial score (nSPS) is 35.1. The average molecular weight is 311 g/mol. The largest absolute Gasteiger partial charge is 0.487 e. The Morgan fingerprint density at radius 3 is 3.00 bits per heavy atom. The van der Waals surface area contributed by atoms with Gasteiger partial charge in [-0.1, -0.05) is 35.3 Å². The second kappa shape index (κ2) is 4.53. The van der Waals surface area contributed by atoms with E-state index in [9.17, 15) is 5.11 Å². The van der Waals surface area contributed by atoms with Gasteiger partial charge in [0.1, 0.15) is 11.4 Å². The van der Waals surface area contributed by atoms with Crippen molar-refractivity contribution in [2.45, 2.75) is 50.7 Å². The Labute approximate surface area is 116 Å². The van der Waals surface area contributed by atoms with Gasteiger partial charge in [-0.3, -0.25) is 0 Å². The fourth-order valence-corrected chi connectivity index (χ4v) is 3.84. The highest BCUT2D eigenvalue weighted by Gasteiger charge is 2.43. The van der Waals surface area contributed by atoms with Crippen molar-refractivity contribution in [2.24, 2.45) is 5.92 Å². The van der Waals surface area contributed by atoms with Crippen LogP contribution in [0, 0.1) is 5.92 Å². The summed E-state index contributed by atoms with van der Waals surface area (Å²) in [5.41, 5.74) is 0.798. The van der Waals surface area contributed by atoms with Gasteiger partial charge in [0.25, 0.3) is 0 Å². The zero-order chi connectivity index (χ0) is 12.8. The van der Waals surface area contributed by atoms with E-state index in [-0.39, 0.29) is 11.7 Å². The van der Waals surface area contributed by atoms with Crippen LogP contribution in [-0.2, 0) is 0 Å². The van der Waals surface area contributed by atoms with Gasteiger partial charge in [0, 0.05) is 16.5 Å². The molecule has 0 bridgehead atoms. The monoisotopic (exact) mass is 310 g/mol. The Morgan fingerprint density at radius 1 is 1.39 bits per heavy atom. The van der Waals surface area contributed by atoms with Crippen LogP contribution < -0.4 is 4.74 Å². The molecule has 1 aromatic rings. The summed E-state index contributed by atoms with van der Waals surface area (Å²) in [4.78, 5) is 0. The number of hydrogen-bond donors (Lipinski definition) is 1. The van der Waals surface area contributed by atoms with Crippen molar-refractivity contribution < 1.29 is 9.84 Å². The van der Waals surface area contributed by atoms with Gasteiger partial charge in [0.15, 0.2) is 0 Å². The van der Waals surface area contributed by atoms with Gasteiger partial charge >= 0.3 is 0 Å². The lowest BCUT2D eigenvalue weighted by Gasteiger charge is -2.45. The summed E-state index contributed by atoms with van der Waals surface area (Å²) in [5, 5.41) is 10.4. The molecule has 1 heterocycles. The molecule has 0 saturated heterocycles. The molecule has 0 aromatic heterocycles. The zero-order valence-corrected chi connectivity index (χ0v) is 12.2. The first-order chi connectivity index (χ1) is 8.58. The van der Waals surface area contributed by atoms with Crippen LogP contribution in [0.25, 0.3) is 0 Å². The Hall–Kier alpha value is -0.540. The lowest BCUT2D eigenvalue weighted by atomic mass is 9.74. The maximum absolute atomic E-state index is 10.4. The minimum absolute atomic E-state index is 0.134. The van der Waals surface area contributed by atoms with Crippen molar-refractivity contribution in [3.05, 3.63) is 28.2 Å². The van der Waals surface area contributed by atoms with Crippen molar-refractivity contribution in [3.8, 4) is 5.75 Å². The number of aliphatic hydroxyl groups excluding tert-OH is 1. The van der Waals surface area contributed by atoms with Gasteiger partial charge < -0.3 is 9.84 Å². The van der Waals surface area contributed by atoms with Crippen LogP contribution in [0.2, 0.25) is 0 Å². The molecular weight excluding hydrogens is 292 g/mol. The molecule has 3 rings (SSSR count). The highest BCUT2D eigenvalue weighted by atomic mass is 79.9. The first-order valence-electron chi connectivity index (χ1n) is 6.74. The highest BCUT2D eigenvalue weighted by molar-refractivity contribution is 9.10. The summed E-state index contributed by atoms with van der Waals surface area (Å²) in [6, 6.07) is 5.91. The molecule has 3 atom stereocenters. The van der Waals surface area contributed by atoms with Gasteiger partial charge in [-0.25, -0.2) is 0 Å². The zero-order valence-electron chi connectivity index (χ0n) is 10.7. The van der Waals surface area contributed by atoms with Gasteiger partial charge in [0.05, 0.1) is 6.10 Å². The van der Waals surface area contributed by atoms with Crippen molar-refractivity contribution in [1.82, 2.24) is 0 Å². The minimum atomic E-state index is -0.382. The topological polar surface area (TPSA) is 29.5 Å². The molecular formula is C15H19BrO2. The lowest BCUT2D eigenvalue weighted by molar-refractivity contribution is -0.0496. The van der Waals surface area contributed by atoms with E-state index in [1.807, 2.05) is 18.2 Å². The third-order valence-electron chi connectivity index (χ3n) is 4.28. The molecule has 2 nitrogen and oxygen atoms in total. The first kappa shape index (κ1) is 12.5. The van der Waals surface area contributed by atoms with E-state index in [2.05, 4.69) is 22.9 Å². The molecule has 1 aromatic carbocycles. The standard InChI is InChI=1S/C15H19BrO2/c1-10-3-2-6-15(8-10)9-13(17)12-5-4-11(16)7-14(12)18-15/h4-5,7,10,13,17H,2-3,6,8-9H2,1H3/t10?,13-,15?/m1/s1. The molecule has 2 aliphatic rings. The minimum Gasteiger partial charge on any atom is -0.487 e. The van der Waals surface area contributed by atoms with Crippen molar-refractivity contribution in [1.29, 1.82) is 0 Å². The summed E-state index contributed by atoms with van der Waals surface area (Å²) in [6.45, 7) is 2.28. The van der Waals surface area contributed by atoms with Crippen LogP contribution in [0.15, 0.2) is 22.7 Å². The van der Waals surface area contributed by atoms with E-state index < -0.39 is 0 Å². The Morgan fingerprint density at radius 2 is 2.22 bits per heavy atom. The second-order valence-corrected chi connectivity index (χ2v) is 6.80. The number of rotatable bonds is 0. The molecule has 1 aliphatic carbocycles. The predicted molar refractivity (Wildman–Crippen MR) is 74.7 cm³/mol.